The number of aromatic nitrogens is 2. The topological polar surface area (TPSA) is 53.1 Å². The van der Waals surface area contributed by atoms with Crippen molar-refractivity contribution in [1.82, 2.24) is 9.78 Å². The van der Waals surface area contributed by atoms with E-state index >= 15 is 0 Å². The van der Waals surface area contributed by atoms with Crippen LogP contribution in [0.25, 0.3) is 0 Å². The quantitative estimate of drug-likeness (QED) is 0.835. The van der Waals surface area contributed by atoms with Crippen LogP contribution < -0.4 is 5.73 Å². The van der Waals surface area contributed by atoms with Crippen LogP contribution in [0.3, 0.4) is 0 Å². The first-order chi connectivity index (χ1) is 7.62. The zero-order chi connectivity index (χ0) is 11.6. The molecular formula is C12H21N3O. The van der Waals surface area contributed by atoms with Crippen molar-refractivity contribution in [2.75, 3.05) is 6.61 Å². The van der Waals surface area contributed by atoms with Crippen molar-refractivity contribution in [3.05, 3.63) is 18.0 Å². The molecule has 4 nitrogen and oxygen atoms in total. The highest BCUT2D eigenvalue weighted by molar-refractivity contribution is 5.02. The summed E-state index contributed by atoms with van der Waals surface area (Å²) in [6.07, 6.45) is 5.97. The highest BCUT2D eigenvalue weighted by Crippen LogP contribution is 2.29. The molecule has 2 N–H and O–H groups in total. The first kappa shape index (κ1) is 11.6. The molecule has 1 aliphatic rings. The van der Waals surface area contributed by atoms with Gasteiger partial charge in [-0.15, -0.1) is 0 Å². The SMILES string of the molecule is Cn1nccc1CCC(N)C1(C)CCCO1. The number of ether oxygens (including phenoxy) is 1. The van der Waals surface area contributed by atoms with E-state index in [2.05, 4.69) is 12.0 Å². The van der Waals surface area contributed by atoms with Crippen molar-refractivity contribution in [3.8, 4) is 0 Å². The number of hydrogen-bond donors (Lipinski definition) is 1. The minimum absolute atomic E-state index is 0.113. The Labute approximate surface area is 96.8 Å². The predicted molar refractivity (Wildman–Crippen MR) is 63.1 cm³/mol. The smallest absolute Gasteiger partial charge is 0.0805 e. The number of hydrogen-bond acceptors (Lipinski definition) is 3. The van der Waals surface area contributed by atoms with Gasteiger partial charge in [-0.2, -0.15) is 5.10 Å². The van der Waals surface area contributed by atoms with Gasteiger partial charge in [0.25, 0.3) is 0 Å². The standard InChI is InChI=1S/C12H21N3O/c1-12(7-3-9-16-12)11(13)5-4-10-6-8-14-15(10)2/h6,8,11H,3-5,7,9,13H2,1-2H3. The molecule has 1 aliphatic heterocycles. The minimum atomic E-state index is -0.113. The average molecular weight is 223 g/mol. The number of aryl methyl sites for hydroxylation is 2. The van der Waals surface area contributed by atoms with E-state index in [0.717, 1.165) is 32.3 Å². The Hall–Kier alpha value is -0.870. The fourth-order valence-electron chi connectivity index (χ4n) is 2.35. The molecule has 90 valence electrons. The highest BCUT2D eigenvalue weighted by atomic mass is 16.5. The van der Waals surface area contributed by atoms with Crippen LogP contribution in [0.5, 0.6) is 0 Å². The molecule has 1 aromatic rings. The Bertz CT molecular complexity index is 342. The fraction of sp³-hybridized carbons (Fsp3) is 0.750. The van der Waals surface area contributed by atoms with E-state index in [1.54, 1.807) is 0 Å². The summed E-state index contributed by atoms with van der Waals surface area (Å²) >= 11 is 0. The molecule has 0 spiro atoms. The molecule has 2 heterocycles. The molecule has 16 heavy (non-hydrogen) atoms. The zero-order valence-corrected chi connectivity index (χ0v) is 10.1. The van der Waals surface area contributed by atoms with Gasteiger partial charge in [-0.3, -0.25) is 4.68 Å². The van der Waals surface area contributed by atoms with E-state index in [0.29, 0.717) is 0 Å². The van der Waals surface area contributed by atoms with E-state index in [1.165, 1.54) is 5.69 Å². The van der Waals surface area contributed by atoms with Crippen LogP contribution in [0, 0.1) is 0 Å². The molecule has 2 unspecified atom stereocenters. The van der Waals surface area contributed by atoms with Gasteiger partial charge in [0.2, 0.25) is 0 Å². The summed E-state index contributed by atoms with van der Waals surface area (Å²) in [4.78, 5) is 0. The fourth-order valence-corrected chi connectivity index (χ4v) is 2.35. The van der Waals surface area contributed by atoms with Crippen molar-refractivity contribution < 1.29 is 4.74 Å². The van der Waals surface area contributed by atoms with E-state index < -0.39 is 0 Å². The van der Waals surface area contributed by atoms with Crippen molar-refractivity contribution in [2.45, 2.75) is 44.2 Å². The summed E-state index contributed by atoms with van der Waals surface area (Å²) in [6, 6.07) is 2.16. The Morgan fingerprint density at radius 1 is 1.69 bits per heavy atom. The molecule has 0 bridgehead atoms. The molecule has 1 aromatic heterocycles. The second kappa shape index (κ2) is 4.55. The van der Waals surface area contributed by atoms with Gasteiger partial charge in [-0.05, 0) is 38.7 Å². The number of rotatable bonds is 4. The van der Waals surface area contributed by atoms with Gasteiger partial charge in [0.15, 0.2) is 0 Å². The van der Waals surface area contributed by atoms with Crippen molar-refractivity contribution in [1.29, 1.82) is 0 Å². The maximum atomic E-state index is 6.23. The molecule has 4 heteroatoms. The normalized spacial score (nSPS) is 27.2. The predicted octanol–water partition coefficient (Wildman–Crippen LogP) is 1.25. The van der Waals surface area contributed by atoms with Gasteiger partial charge in [0.1, 0.15) is 0 Å². The third-order valence-electron chi connectivity index (χ3n) is 3.67. The average Bonchev–Trinajstić information content (AvgIpc) is 2.85. The molecule has 0 aromatic carbocycles. The third-order valence-corrected chi connectivity index (χ3v) is 3.67. The van der Waals surface area contributed by atoms with Crippen LogP contribution in [-0.4, -0.2) is 28.0 Å². The lowest BCUT2D eigenvalue weighted by atomic mass is 9.90. The van der Waals surface area contributed by atoms with Crippen LogP contribution in [0.1, 0.15) is 31.9 Å². The Morgan fingerprint density at radius 3 is 3.06 bits per heavy atom. The van der Waals surface area contributed by atoms with Crippen LogP contribution in [0.15, 0.2) is 12.3 Å². The zero-order valence-electron chi connectivity index (χ0n) is 10.1. The Kier molecular flexibility index (Phi) is 3.30. The van der Waals surface area contributed by atoms with E-state index in [4.69, 9.17) is 10.5 Å². The van der Waals surface area contributed by atoms with Gasteiger partial charge >= 0.3 is 0 Å². The molecule has 1 saturated heterocycles. The van der Waals surface area contributed by atoms with Crippen molar-refractivity contribution >= 4 is 0 Å². The molecule has 0 aliphatic carbocycles. The van der Waals surface area contributed by atoms with Crippen LogP contribution in [0.4, 0.5) is 0 Å². The summed E-state index contributed by atoms with van der Waals surface area (Å²) in [7, 11) is 1.97. The van der Waals surface area contributed by atoms with Gasteiger partial charge in [0.05, 0.1) is 5.60 Å². The molecule has 0 amide bonds. The van der Waals surface area contributed by atoms with Gasteiger partial charge in [-0.25, -0.2) is 0 Å². The highest BCUT2D eigenvalue weighted by Gasteiger charge is 2.35. The summed E-state index contributed by atoms with van der Waals surface area (Å²) in [5.41, 5.74) is 7.35. The summed E-state index contributed by atoms with van der Waals surface area (Å²) in [6.45, 7) is 2.99. The third kappa shape index (κ3) is 2.28. The monoisotopic (exact) mass is 223 g/mol. The maximum absolute atomic E-state index is 6.23. The summed E-state index contributed by atoms with van der Waals surface area (Å²) < 4.78 is 7.66. The molecule has 2 rings (SSSR count). The first-order valence-electron chi connectivity index (χ1n) is 5.98. The lowest BCUT2D eigenvalue weighted by Gasteiger charge is -2.30. The molecule has 0 radical (unpaired) electrons. The maximum Gasteiger partial charge on any atom is 0.0805 e. The largest absolute Gasteiger partial charge is 0.374 e. The Balaban J connectivity index is 1.88. The molecule has 2 atom stereocenters. The molecule has 0 saturated carbocycles. The van der Waals surface area contributed by atoms with E-state index in [1.807, 2.05) is 24.0 Å². The van der Waals surface area contributed by atoms with Crippen LogP contribution in [-0.2, 0) is 18.2 Å². The van der Waals surface area contributed by atoms with E-state index in [-0.39, 0.29) is 11.6 Å². The van der Waals surface area contributed by atoms with Gasteiger partial charge in [-0.1, -0.05) is 0 Å². The molecule has 1 fully saturated rings. The molecular weight excluding hydrogens is 202 g/mol. The van der Waals surface area contributed by atoms with E-state index in [9.17, 15) is 0 Å². The Morgan fingerprint density at radius 2 is 2.50 bits per heavy atom. The second-order valence-corrected chi connectivity index (χ2v) is 4.86. The van der Waals surface area contributed by atoms with Crippen molar-refractivity contribution in [3.63, 3.8) is 0 Å². The number of nitrogens with two attached hydrogens (primary N) is 1. The van der Waals surface area contributed by atoms with Gasteiger partial charge < -0.3 is 10.5 Å². The van der Waals surface area contributed by atoms with Gasteiger partial charge in [0, 0.05) is 31.6 Å². The minimum Gasteiger partial charge on any atom is -0.374 e. The number of nitrogens with zero attached hydrogens (tertiary/aromatic N) is 2. The lowest BCUT2D eigenvalue weighted by Crippen LogP contribution is -2.45. The second-order valence-electron chi connectivity index (χ2n) is 4.86. The lowest BCUT2D eigenvalue weighted by molar-refractivity contribution is -0.00306. The summed E-state index contributed by atoms with van der Waals surface area (Å²) in [5.74, 6) is 0. The summed E-state index contributed by atoms with van der Waals surface area (Å²) in [5, 5.41) is 4.15. The van der Waals surface area contributed by atoms with Crippen molar-refractivity contribution in [2.24, 2.45) is 12.8 Å². The van der Waals surface area contributed by atoms with Crippen LogP contribution >= 0.6 is 0 Å². The van der Waals surface area contributed by atoms with Crippen LogP contribution in [0.2, 0.25) is 0 Å². The first-order valence-corrected chi connectivity index (χ1v) is 5.98.